The van der Waals surface area contributed by atoms with Crippen LogP contribution in [0.15, 0.2) is 42.5 Å². The smallest absolute Gasteiger partial charge is 0.870 e. The molecule has 33 heteroatoms. The first kappa shape index (κ1) is 76.7. The number of carbonyl (C=O) groups is 9. The van der Waals surface area contributed by atoms with E-state index in [0.29, 0.717) is 49.7 Å². The molecule has 1 aromatic rings. The summed E-state index contributed by atoms with van der Waals surface area (Å²) in [6.45, 7) is 9.96. The molecule has 1 aromatic carbocycles. The number of halogens is 1. The van der Waals surface area contributed by atoms with E-state index < -0.39 is 150 Å². The number of fused-ring (bicyclic) bond motifs is 5. The summed E-state index contributed by atoms with van der Waals surface area (Å²) in [4.78, 5) is 125. The van der Waals surface area contributed by atoms with Crippen LogP contribution in [0.2, 0.25) is 0 Å². The summed E-state index contributed by atoms with van der Waals surface area (Å²) in [6.07, 6.45) is 9.29. The van der Waals surface area contributed by atoms with Crippen molar-refractivity contribution in [3.8, 4) is 0 Å². The van der Waals surface area contributed by atoms with Crippen molar-refractivity contribution in [1.29, 1.82) is 0 Å². The van der Waals surface area contributed by atoms with Gasteiger partial charge in [-0.2, -0.15) is 25.4 Å². The molecule has 92 heavy (non-hydrogen) atoms. The maximum Gasteiger partial charge on any atom is 1.00 e. The van der Waals surface area contributed by atoms with Crippen molar-refractivity contribution in [2.75, 3.05) is 41.3 Å². The summed E-state index contributed by atoms with van der Waals surface area (Å²) in [5.74, 6) is -5.75. The molecule has 5 aliphatic heterocycles. The molecular weight excluding hydrogens is 1260 g/mol. The molecule has 0 aromatic heterocycles. The zero-order chi connectivity index (χ0) is 66.5. The number of benzene rings is 1. The Hall–Kier alpha value is -6.00. The van der Waals surface area contributed by atoms with Gasteiger partial charge in [0.25, 0.3) is 11.8 Å². The van der Waals surface area contributed by atoms with Crippen LogP contribution in [-0.4, -0.2) is 204 Å². The predicted octanol–water partition coefficient (Wildman–Crippen LogP) is -0.555. The molecule has 4 fully saturated rings. The van der Waals surface area contributed by atoms with E-state index in [4.69, 9.17) is 14.2 Å². The summed E-state index contributed by atoms with van der Waals surface area (Å²) < 4.78 is 86.5. The van der Waals surface area contributed by atoms with Gasteiger partial charge in [0.05, 0.1) is 19.2 Å². The number of hydrogen-bond donors (Lipinski definition) is 7. The van der Waals surface area contributed by atoms with Crippen LogP contribution >= 0.6 is 0 Å². The third-order valence-corrected chi connectivity index (χ3v) is 19.4. The molecule has 7 aliphatic rings. The van der Waals surface area contributed by atoms with Crippen molar-refractivity contribution < 1.29 is 119 Å². The first-order valence-electron chi connectivity index (χ1n) is 30.4. The number of hydrogen-bond acceptors (Lipinski definition) is 18. The fourth-order valence-corrected chi connectivity index (χ4v) is 12.7. The van der Waals surface area contributed by atoms with Gasteiger partial charge in [0.1, 0.15) is 58.4 Å². The van der Waals surface area contributed by atoms with E-state index in [-0.39, 0.29) is 93.3 Å². The van der Waals surface area contributed by atoms with E-state index in [1.165, 1.54) is 49.0 Å². The van der Waals surface area contributed by atoms with Gasteiger partial charge in [-0.25, -0.2) is 28.2 Å². The maximum atomic E-state index is 14.4. The normalized spacial score (nSPS) is 28.5. The Morgan fingerprint density at radius 3 is 1.54 bits per heavy atom. The summed E-state index contributed by atoms with van der Waals surface area (Å²) >= 11 is 0. The summed E-state index contributed by atoms with van der Waals surface area (Å²) in [5, 5.41) is 21.1. The van der Waals surface area contributed by atoms with Crippen LogP contribution in [0.4, 0.5) is 18.8 Å². The van der Waals surface area contributed by atoms with Gasteiger partial charge in [-0.1, -0.05) is 62.1 Å². The van der Waals surface area contributed by atoms with Crippen molar-refractivity contribution in [2.24, 2.45) is 11.8 Å². The van der Waals surface area contributed by atoms with E-state index in [1.54, 1.807) is 65.8 Å². The number of ether oxygens (including phenoxy) is 3. The van der Waals surface area contributed by atoms with Gasteiger partial charge in [0.2, 0.25) is 23.6 Å². The van der Waals surface area contributed by atoms with Gasteiger partial charge in [0.15, 0.2) is 0 Å². The van der Waals surface area contributed by atoms with Gasteiger partial charge in [-0.05, 0) is 105 Å². The van der Waals surface area contributed by atoms with Crippen molar-refractivity contribution in [1.82, 2.24) is 54.0 Å². The maximum absolute atomic E-state index is 14.4. The van der Waals surface area contributed by atoms with Crippen LogP contribution < -0.4 is 60.3 Å². The van der Waals surface area contributed by atoms with E-state index in [0.717, 1.165) is 27.9 Å². The van der Waals surface area contributed by atoms with Crippen LogP contribution in [0.25, 0.3) is 0 Å². The summed E-state index contributed by atoms with van der Waals surface area (Å²) in [7, 11) is -3.23. The largest absolute Gasteiger partial charge is 1.00 e. The Morgan fingerprint density at radius 2 is 1.11 bits per heavy atom. The molecule has 508 valence electrons. The number of aliphatic hydroxyl groups excluding tert-OH is 1. The molecule has 0 bridgehead atoms. The van der Waals surface area contributed by atoms with Crippen molar-refractivity contribution in [3.05, 3.63) is 59.4 Å². The zero-order valence-corrected chi connectivity index (χ0v) is 57.9. The monoisotopic (exact) mass is 1350 g/mol. The SMILES string of the molecule is CN(C)S(=O)(=O)NC(=O)[C@@]12C[C@H]1/C=C\CCCCC[C@H](NC(=O)OC(C)(C)C)C(=O)N1C[C@H](O)C[C@H]1C(=O)N2.CN(C)S(=O)(=O)NC(=O)[C@@]12C[C@H]1/C=C\CCCCC[C@H](NC(=O)OC(C)(C)C)C(=O)N1C[C@H](OC(=O)N3Cc4cccc(F)c4C3)C[C@H]1C(=O)N2.[Na+].[OH-]. The minimum Gasteiger partial charge on any atom is -0.870 e. The van der Waals surface area contributed by atoms with Crippen LogP contribution in [0.3, 0.4) is 0 Å². The molecule has 9 amide bonds. The molecule has 8 N–H and O–H groups in total. The Kier molecular flexibility index (Phi) is 25.9. The second-order valence-corrected chi connectivity index (χ2v) is 30.2. The average molecular weight is 1350 g/mol. The quantitative estimate of drug-likeness (QED) is 0.0926. The number of aliphatic hydroxyl groups is 1. The van der Waals surface area contributed by atoms with Crippen LogP contribution in [0, 0.1) is 17.7 Å². The molecular formula is C59H89FN11NaO18S2. The molecule has 0 radical (unpaired) electrons. The number of alkyl carbamates (subject to hydrolysis) is 2. The Morgan fingerprint density at radius 1 is 0.663 bits per heavy atom. The van der Waals surface area contributed by atoms with Gasteiger partial charge < -0.3 is 55.9 Å². The molecule has 2 saturated heterocycles. The fourth-order valence-electron chi connectivity index (χ4n) is 11.5. The third-order valence-electron chi connectivity index (χ3n) is 16.5. The van der Waals surface area contributed by atoms with E-state index >= 15 is 0 Å². The molecule has 8 rings (SSSR count). The zero-order valence-electron chi connectivity index (χ0n) is 54.2. The number of amides is 9. The minimum absolute atomic E-state index is 0. The number of allylic oxidation sites excluding steroid dienone is 2. The molecule has 29 nitrogen and oxygen atoms in total. The van der Waals surface area contributed by atoms with Gasteiger partial charge in [-0.3, -0.25) is 33.7 Å². The van der Waals surface area contributed by atoms with Gasteiger partial charge in [0, 0.05) is 71.5 Å². The first-order chi connectivity index (χ1) is 42.0. The summed E-state index contributed by atoms with van der Waals surface area (Å²) in [5.41, 5.74) is -3.71. The molecule has 5 heterocycles. The third kappa shape index (κ3) is 19.6. The topological polar surface area (TPSA) is 388 Å². The van der Waals surface area contributed by atoms with E-state index in [1.807, 2.05) is 21.6 Å². The van der Waals surface area contributed by atoms with Gasteiger partial charge in [-0.15, -0.1) is 0 Å². The Balaban J connectivity index is 0.000000338. The summed E-state index contributed by atoms with van der Waals surface area (Å²) in [6, 6.07) is 0.160. The van der Waals surface area contributed by atoms with Crippen LogP contribution in [-0.2, 0) is 76.5 Å². The fraction of sp³-hybridized carbons (Fsp3) is 0.678. The molecule has 2 aliphatic carbocycles. The molecule has 0 unspecified atom stereocenters. The molecule has 0 spiro atoms. The van der Waals surface area contributed by atoms with Crippen LogP contribution in [0.5, 0.6) is 0 Å². The standard InChI is InChI=1S/C34H47FN6O9S.C25H41N5O8S.Na.H2O/c1-33(2,3)50-31(45)36-26-15-10-8-6-7-9-13-22-17-34(22,30(44)38-51(47,48)39(4)5)37-28(42)27-16-23(19-41(27)29(26)43)49-32(46)40-18-21-12-11-14-25(35)24(21)20-40;1-24(2,3)38-23(35)26-18-12-10-8-6-7-9-11-16-14-25(16,22(34)28-39(36,37)29(4)5)27-20(32)19-13-17(31)15-30(19)21(18)33;;/h9,11-14,22-23,26-27H,6-8,10,15-20H2,1-5H3,(H,36,45)(H,37,42)(H,38,44);9,11,16-19,31H,6-8,10,12-15H2,1-5H3,(H,26,35)(H,27,32)(H,28,34);;1H2/q;;+1;/p-1/b13-9-;11-9-;;/t22-,23-,26+,27+,34-;16-,17-,18+,19+,25-;;/m11../s1. The molecule has 2 saturated carbocycles. The average Bonchev–Trinajstić information content (AvgIpc) is 1.58. The van der Waals surface area contributed by atoms with E-state index in [2.05, 4.69) is 21.3 Å². The van der Waals surface area contributed by atoms with Crippen molar-refractivity contribution in [3.63, 3.8) is 0 Å². The Labute approximate surface area is 559 Å². The number of nitrogens with zero attached hydrogens (tertiary/aromatic N) is 5. The predicted molar refractivity (Wildman–Crippen MR) is 324 cm³/mol. The van der Waals surface area contributed by atoms with Crippen LogP contribution in [0.1, 0.15) is 143 Å². The second-order valence-electron chi connectivity index (χ2n) is 26.4. The molecule has 10 atom stereocenters. The minimum atomic E-state index is -4.20. The van der Waals surface area contributed by atoms with Gasteiger partial charge >= 0.3 is 68.3 Å². The van der Waals surface area contributed by atoms with Crippen molar-refractivity contribution in [2.45, 2.75) is 203 Å². The number of nitrogens with one attached hydrogen (secondary N) is 6. The number of rotatable bonds is 9. The number of carbonyl (C=O) groups excluding carboxylic acids is 9. The second kappa shape index (κ2) is 31.0. The Bertz CT molecular complexity index is 3220. The van der Waals surface area contributed by atoms with Crippen molar-refractivity contribution >= 4 is 74.1 Å². The van der Waals surface area contributed by atoms with E-state index in [9.17, 15) is 69.5 Å². The first-order valence-corrected chi connectivity index (χ1v) is 33.3.